The maximum Gasteiger partial charge on any atom is 0.327 e. The number of carbonyl (C=O) groups is 1. The van der Waals surface area contributed by atoms with Gasteiger partial charge in [-0.1, -0.05) is 44.7 Å². The number of carbonyl (C=O) groups excluding carboxylic acids is 1. The third kappa shape index (κ3) is 5.67. The second kappa shape index (κ2) is 11.3. The normalized spacial score (nSPS) is 15.6. The smallest absolute Gasteiger partial charge is 0.327 e. The molecule has 2 aromatic heterocycles. The summed E-state index contributed by atoms with van der Waals surface area (Å²) in [6.45, 7) is 10.9. The third-order valence-corrected chi connectivity index (χ3v) is 7.16. The Hall–Kier alpha value is -3.07. The molecule has 9 heteroatoms. The maximum absolute atomic E-state index is 13.3. The van der Waals surface area contributed by atoms with Gasteiger partial charge in [0.15, 0.2) is 5.82 Å². The largest absolute Gasteiger partial charge is 0.465 e. The summed E-state index contributed by atoms with van der Waals surface area (Å²) < 4.78 is 6.70. The fourth-order valence-electron chi connectivity index (χ4n) is 5.61. The summed E-state index contributed by atoms with van der Waals surface area (Å²) in [7, 11) is 0. The average Bonchev–Trinajstić information content (AvgIpc) is 3.27. The molecular formula is C27H38N6O3. The highest BCUT2D eigenvalue weighted by Crippen LogP contribution is 2.35. The van der Waals surface area contributed by atoms with E-state index in [1.165, 1.54) is 12.0 Å². The predicted molar refractivity (Wildman–Crippen MR) is 138 cm³/mol. The second-order valence-corrected chi connectivity index (χ2v) is 10.3. The first-order chi connectivity index (χ1) is 17.3. The summed E-state index contributed by atoms with van der Waals surface area (Å²) in [6.07, 6.45) is 5.67. The fraction of sp³-hybridized carbons (Fsp3) is 0.593. The van der Waals surface area contributed by atoms with Gasteiger partial charge in [-0.3, -0.25) is 14.5 Å². The van der Waals surface area contributed by atoms with Crippen molar-refractivity contribution in [2.45, 2.75) is 91.9 Å². The van der Waals surface area contributed by atoms with Crippen LogP contribution in [0.1, 0.15) is 81.4 Å². The number of nitrogens with zero attached hydrogens (tertiary/aromatic N) is 5. The van der Waals surface area contributed by atoms with Crippen molar-refractivity contribution in [2.75, 3.05) is 6.61 Å². The Morgan fingerprint density at radius 3 is 2.64 bits per heavy atom. The summed E-state index contributed by atoms with van der Waals surface area (Å²) in [5.41, 5.74) is 3.78. The van der Waals surface area contributed by atoms with Crippen molar-refractivity contribution < 1.29 is 9.53 Å². The lowest BCUT2D eigenvalue weighted by molar-refractivity contribution is -0.144. The number of benzene rings is 1. The molecule has 0 radical (unpaired) electrons. The zero-order chi connectivity index (χ0) is 25.8. The molecule has 1 unspecified atom stereocenters. The minimum atomic E-state index is -0.366. The molecule has 0 spiro atoms. The van der Waals surface area contributed by atoms with Gasteiger partial charge in [-0.15, -0.1) is 5.10 Å². The lowest BCUT2D eigenvalue weighted by atomic mass is 9.90. The first-order valence-corrected chi connectivity index (χ1v) is 13.1. The molecule has 36 heavy (non-hydrogen) atoms. The highest BCUT2D eigenvalue weighted by atomic mass is 16.5. The monoisotopic (exact) mass is 494 g/mol. The van der Waals surface area contributed by atoms with Gasteiger partial charge >= 0.3 is 5.97 Å². The van der Waals surface area contributed by atoms with E-state index in [0.717, 1.165) is 47.7 Å². The van der Waals surface area contributed by atoms with Gasteiger partial charge in [0, 0.05) is 18.2 Å². The van der Waals surface area contributed by atoms with Crippen molar-refractivity contribution in [3.8, 4) is 0 Å². The molecular weight excluding hydrogens is 456 g/mol. The lowest BCUT2D eigenvalue weighted by Crippen LogP contribution is -2.43. The van der Waals surface area contributed by atoms with Gasteiger partial charge in [-0.05, 0) is 73.0 Å². The van der Waals surface area contributed by atoms with Crippen LogP contribution in [0.25, 0.3) is 10.9 Å². The van der Waals surface area contributed by atoms with E-state index in [1.807, 2.05) is 13.0 Å². The number of rotatable bonds is 9. The van der Waals surface area contributed by atoms with Crippen LogP contribution in [0.4, 0.5) is 0 Å². The van der Waals surface area contributed by atoms with Gasteiger partial charge in [0.05, 0.1) is 18.2 Å². The topological polar surface area (TPSA) is 106 Å². The van der Waals surface area contributed by atoms with E-state index in [2.05, 4.69) is 58.3 Å². The Morgan fingerprint density at radius 2 is 1.94 bits per heavy atom. The van der Waals surface area contributed by atoms with E-state index in [9.17, 15) is 9.59 Å². The number of aromatic nitrogens is 5. The summed E-state index contributed by atoms with van der Waals surface area (Å²) in [5.74, 6) is 0.421. The Kier molecular flexibility index (Phi) is 8.18. The fourth-order valence-corrected chi connectivity index (χ4v) is 5.61. The molecule has 3 aromatic rings. The highest BCUT2D eigenvalue weighted by molar-refractivity contribution is 5.82. The molecule has 1 fully saturated rings. The van der Waals surface area contributed by atoms with E-state index >= 15 is 0 Å². The minimum absolute atomic E-state index is 0.0347. The zero-order valence-electron chi connectivity index (χ0n) is 22.1. The number of tetrazole rings is 1. The molecule has 4 rings (SSSR count). The van der Waals surface area contributed by atoms with Crippen molar-refractivity contribution in [3.05, 3.63) is 51.1 Å². The van der Waals surface area contributed by atoms with Crippen LogP contribution in [0.2, 0.25) is 0 Å². The third-order valence-electron chi connectivity index (χ3n) is 7.16. The first kappa shape index (κ1) is 26.0. The Bertz CT molecular complexity index is 1260. The van der Waals surface area contributed by atoms with Crippen molar-refractivity contribution in [1.82, 2.24) is 30.1 Å². The van der Waals surface area contributed by atoms with E-state index in [-0.39, 0.29) is 30.0 Å². The number of aryl methyl sites for hydroxylation is 2. The zero-order valence-corrected chi connectivity index (χ0v) is 22.1. The molecule has 9 nitrogen and oxygen atoms in total. The van der Waals surface area contributed by atoms with Gasteiger partial charge in [0.1, 0.15) is 6.54 Å². The van der Waals surface area contributed by atoms with Crippen molar-refractivity contribution in [3.63, 3.8) is 0 Å². The molecule has 1 aromatic carbocycles. The average molecular weight is 495 g/mol. The van der Waals surface area contributed by atoms with Gasteiger partial charge in [0.25, 0.3) is 5.56 Å². The number of pyridine rings is 1. The molecule has 1 N–H and O–H groups in total. The standard InChI is InChI=1S/C27H38N6O3/c1-6-36-23(34)16-33-26(29-30-31-33)25(17(2)3)32(22-10-8-7-9-11-22)15-21-14-20-13-18(4)12-19(5)24(20)28-27(21)35/h12-14,17,22,25H,6-11,15-16H2,1-5H3,(H,28,35). The second-order valence-electron chi connectivity index (χ2n) is 10.3. The van der Waals surface area contributed by atoms with Crippen LogP contribution in [0, 0.1) is 19.8 Å². The molecule has 194 valence electrons. The minimum Gasteiger partial charge on any atom is -0.465 e. The molecule has 0 amide bonds. The number of esters is 1. The number of hydrogen-bond acceptors (Lipinski definition) is 7. The van der Waals surface area contributed by atoms with Crippen molar-refractivity contribution in [1.29, 1.82) is 0 Å². The number of fused-ring (bicyclic) bond motifs is 1. The first-order valence-electron chi connectivity index (χ1n) is 13.1. The predicted octanol–water partition coefficient (Wildman–Crippen LogP) is 4.23. The van der Waals surface area contributed by atoms with Crippen LogP contribution < -0.4 is 5.56 Å². The molecule has 0 saturated heterocycles. The lowest BCUT2D eigenvalue weighted by Gasteiger charge is -2.41. The number of ether oxygens (including phenoxy) is 1. The number of nitrogens with one attached hydrogen (secondary N) is 1. The van der Waals surface area contributed by atoms with Crippen LogP contribution >= 0.6 is 0 Å². The SMILES string of the molecule is CCOC(=O)Cn1nnnc1C(C(C)C)N(Cc1cc2cc(C)cc(C)c2[nH]c1=O)C1CCCCC1. The summed E-state index contributed by atoms with van der Waals surface area (Å²) in [5, 5.41) is 13.4. The van der Waals surface area contributed by atoms with Crippen LogP contribution in [0.15, 0.2) is 23.0 Å². The van der Waals surface area contributed by atoms with Crippen LogP contribution in [-0.4, -0.2) is 48.7 Å². The van der Waals surface area contributed by atoms with Crippen molar-refractivity contribution in [2.24, 2.45) is 5.92 Å². The summed E-state index contributed by atoms with van der Waals surface area (Å²) in [4.78, 5) is 31.0. The van der Waals surface area contributed by atoms with Crippen molar-refractivity contribution >= 4 is 16.9 Å². The Labute approximate surface area is 212 Å². The molecule has 2 heterocycles. The van der Waals surface area contributed by atoms with Gasteiger partial charge in [0.2, 0.25) is 0 Å². The van der Waals surface area contributed by atoms with E-state index in [1.54, 1.807) is 11.6 Å². The molecule has 1 aliphatic carbocycles. The number of aromatic amines is 1. The van der Waals surface area contributed by atoms with E-state index in [4.69, 9.17) is 4.74 Å². The summed E-state index contributed by atoms with van der Waals surface area (Å²) in [6, 6.07) is 6.38. The molecule has 1 saturated carbocycles. The van der Waals surface area contributed by atoms with Gasteiger partial charge in [-0.2, -0.15) is 0 Å². The number of H-pyrrole nitrogens is 1. The van der Waals surface area contributed by atoms with Gasteiger partial charge in [-0.25, -0.2) is 4.68 Å². The van der Waals surface area contributed by atoms with E-state index in [0.29, 0.717) is 25.0 Å². The van der Waals surface area contributed by atoms with Gasteiger partial charge < -0.3 is 9.72 Å². The molecule has 0 aliphatic heterocycles. The maximum atomic E-state index is 13.3. The van der Waals surface area contributed by atoms with Crippen LogP contribution in [-0.2, 0) is 22.6 Å². The quantitative estimate of drug-likeness (QED) is 0.444. The number of hydrogen-bond donors (Lipinski definition) is 1. The highest BCUT2D eigenvalue weighted by Gasteiger charge is 2.35. The Morgan fingerprint density at radius 1 is 1.19 bits per heavy atom. The molecule has 0 bridgehead atoms. The van der Waals surface area contributed by atoms with Crippen LogP contribution in [0.3, 0.4) is 0 Å². The summed E-state index contributed by atoms with van der Waals surface area (Å²) >= 11 is 0. The van der Waals surface area contributed by atoms with Crippen LogP contribution in [0.5, 0.6) is 0 Å². The van der Waals surface area contributed by atoms with E-state index < -0.39 is 0 Å². The Balaban J connectivity index is 1.75. The molecule has 1 aliphatic rings. The molecule has 1 atom stereocenters.